The molecule has 11 aromatic carbocycles. The first-order valence-corrected chi connectivity index (χ1v) is 20.0. The minimum atomic E-state index is -0.677. The minimum Gasteiger partial charge on any atom is -0.311 e. The molecule has 0 aliphatic rings. The monoisotopic (exact) mass is 787 g/mol. The molecule has 1 nitrogen and oxygen atoms in total. The summed E-state index contributed by atoms with van der Waals surface area (Å²) in [4.78, 5) is 0.865. The van der Waals surface area contributed by atoms with E-state index in [4.69, 9.17) is 0 Å². The zero-order chi connectivity index (χ0) is 51.0. The van der Waals surface area contributed by atoms with E-state index in [9.17, 15) is 16.4 Å². The zero-order valence-corrected chi connectivity index (χ0v) is 32.7. The fraction of sp³-hybridized carbons (Fsp3) is 0. The Balaban J connectivity index is 1.15. The predicted molar refractivity (Wildman–Crippen MR) is 261 cm³/mol. The summed E-state index contributed by atoms with van der Waals surface area (Å²) in [6, 6.07) is 47.3. The van der Waals surface area contributed by atoms with Crippen LogP contribution >= 0.6 is 0 Å². The molecule has 0 amide bonds. The average Bonchev–Trinajstić information content (AvgIpc) is 3.42. The summed E-state index contributed by atoms with van der Waals surface area (Å²) >= 11 is 0. The Morgan fingerprint density at radius 1 is 0.262 bits per heavy atom. The second-order valence-corrected chi connectivity index (χ2v) is 14.8. The Morgan fingerprint density at radius 3 is 1.21 bits per heavy atom. The molecular formula is C60H41N. The molecule has 11 rings (SSSR count). The van der Waals surface area contributed by atoms with Gasteiger partial charge in [-0.2, -0.15) is 0 Å². The number of anilines is 3. The SMILES string of the molecule is [2H]c1c([2H])c(N(c2c([2H])c([2H])c(-c3ccc4ccccc4c3)c([2H])c2[2H])c2c([2H])c([2H])c(-c3c(-c4ccccc4)ccc4ccccc34)c([2H])c2[2H])c([2H])c([2H])c1-c1ccc(-c2ccc3ccccc3c2)cc1. The zero-order valence-electron chi connectivity index (χ0n) is 44.7. The topological polar surface area (TPSA) is 3.24 Å². The van der Waals surface area contributed by atoms with Gasteiger partial charge in [-0.3, -0.25) is 0 Å². The van der Waals surface area contributed by atoms with Crippen molar-refractivity contribution in [1.29, 1.82) is 0 Å². The van der Waals surface area contributed by atoms with Crippen molar-refractivity contribution in [1.82, 2.24) is 0 Å². The Kier molecular flexibility index (Phi) is 6.53. The quantitative estimate of drug-likeness (QED) is 0.148. The summed E-state index contributed by atoms with van der Waals surface area (Å²) < 4.78 is 116. The Hall–Kier alpha value is -8.00. The van der Waals surface area contributed by atoms with E-state index in [0.717, 1.165) is 48.5 Å². The van der Waals surface area contributed by atoms with Gasteiger partial charge in [0.25, 0.3) is 0 Å². The molecule has 0 radical (unpaired) electrons. The van der Waals surface area contributed by atoms with Crippen LogP contribution in [0.4, 0.5) is 17.1 Å². The number of hydrogen-bond donors (Lipinski definition) is 0. The third-order valence-corrected chi connectivity index (χ3v) is 11.1. The van der Waals surface area contributed by atoms with Crippen LogP contribution < -0.4 is 4.90 Å². The number of rotatable bonds is 8. The molecule has 0 spiro atoms. The van der Waals surface area contributed by atoms with E-state index in [1.54, 1.807) is 24.3 Å². The standard InChI is InChI=1S/C60H41N/c1-2-12-48(13-3-1)59-39-32-49-14-8-9-17-58(49)60(59)50-30-37-57(38-31-50)61(56-35-28-47(29-36-56)54-25-23-43-11-5-7-16-52(43)41-54)55-33-26-45(27-34-55)44-18-20-46(21-19-44)53-24-22-42-10-4-6-15-51(42)40-53/h1-41H/i26D,27D,28D,29D,30D,31D,33D,34D,35D,36D,37D,38D. The van der Waals surface area contributed by atoms with Gasteiger partial charge in [0.15, 0.2) is 0 Å². The maximum absolute atomic E-state index is 9.83. The van der Waals surface area contributed by atoms with Crippen LogP contribution in [0.3, 0.4) is 0 Å². The van der Waals surface area contributed by atoms with Gasteiger partial charge < -0.3 is 4.90 Å². The van der Waals surface area contributed by atoms with E-state index in [-0.39, 0.29) is 16.7 Å². The van der Waals surface area contributed by atoms with Gasteiger partial charge in [-0.25, -0.2) is 0 Å². The van der Waals surface area contributed by atoms with Gasteiger partial charge in [0.1, 0.15) is 0 Å². The van der Waals surface area contributed by atoms with Crippen LogP contribution in [-0.4, -0.2) is 0 Å². The van der Waals surface area contributed by atoms with Crippen LogP contribution in [0, 0.1) is 0 Å². The smallest absolute Gasteiger partial charge is 0.0645 e. The lowest BCUT2D eigenvalue weighted by molar-refractivity contribution is 1.28. The maximum atomic E-state index is 9.83. The molecule has 0 aromatic heterocycles. The van der Waals surface area contributed by atoms with E-state index in [1.165, 1.54) is 0 Å². The third kappa shape index (κ3) is 7.03. The number of fused-ring (bicyclic) bond motifs is 3. The lowest BCUT2D eigenvalue weighted by Crippen LogP contribution is -2.09. The van der Waals surface area contributed by atoms with Crippen molar-refractivity contribution >= 4 is 49.4 Å². The normalized spacial score (nSPS) is 14.0. The molecule has 61 heavy (non-hydrogen) atoms. The molecule has 0 bridgehead atoms. The highest BCUT2D eigenvalue weighted by Gasteiger charge is 2.16. The van der Waals surface area contributed by atoms with Crippen molar-refractivity contribution in [2.45, 2.75) is 0 Å². The molecule has 0 aliphatic heterocycles. The third-order valence-electron chi connectivity index (χ3n) is 11.1. The van der Waals surface area contributed by atoms with Crippen molar-refractivity contribution in [3.63, 3.8) is 0 Å². The van der Waals surface area contributed by atoms with Gasteiger partial charge in [0, 0.05) is 17.1 Å². The predicted octanol–water partition coefficient (Wildman–Crippen LogP) is 17.0. The van der Waals surface area contributed by atoms with E-state index in [2.05, 4.69) is 6.07 Å². The van der Waals surface area contributed by atoms with Crippen LogP contribution in [0.1, 0.15) is 16.4 Å². The molecular weight excluding hydrogens is 735 g/mol. The summed E-state index contributed by atoms with van der Waals surface area (Å²) in [7, 11) is 0. The minimum absolute atomic E-state index is 0.0502. The van der Waals surface area contributed by atoms with E-state index >= 15 is 0 Å². The molecule has 0 aliphatic carbocycles. The van der Waals surface area contributed by atoms with Gasteiger partial charge in [-0.05, 0) is 136 Å². The van der Waals surface area contributed by atoms with Gasteiger partial charge in [0.05, 0.1) is 16.4 Å². The molecule has 0 fully saturated rings. The Labute approximate surface area is 373 Å². The highest BCUT2D eigenvalue weighted by atomic mass is 15.1. The number of hydrogen-bond acceptors (Lipinski definition) is 1. The van der Waals surface area contributed by atoms with Crippen molar-refractivity contribution in [2.75, 3.05) is 4.90 Å². The highest BCUT2D eigenvalue weighted by molar-refractivity contribution is 6.04. The number of nitrogens with zero attached hydrogens (tertiary/aromatic N) is 1. The van der Waals surface area contributed by atoms with E-state index in [0.29, 0.717) is 27.6 Å². The van der Waals surface area contributed by atoms with Crippen LogP contribution in [0.5, 0.6) is 0 Å². The molecule has 0 saturated heterocycles. The first kappa shape index (κ1) is 25.5. The Bertz CT molecular complexity index is 3980. The molecule has 0 unspecified atom stereocenters. The van der Waals surface area contributed by atoms with Crippen LogP contribution in [0.15, 0.2) is 248 Å². The summed E-state index contributed by atoms with van der Waals surface area (Å²) in [6.45, 7) is 0. The molecule has 0 heterocycles. The van der Waals surface area contributed by atoms with E-state index in [1.807, 2.05) is 146 Å². The van der Waals surface area contributed by atoms with Gasteiger partial charge >= 0.3 is 0 Å². The summed E-state index contributed by atoms with van der Waals surface area (Å²) in [6.07, 6.45) is 0. The van der Waals surface area contributed by atoms with Gasteiger partial charge in [-0.1, -0.05) is 200 Å². The summed E-state index contributed by atoms with van der Waals surface area (Å²) in [5, 5.41) is 5.25. The molecule has 0 N–H and O–H groups in total. The van der Waals surface area contributed by atoms with Gasteiger partial charge in [0.2, 0.25) is 0 Å². The molecule has 0 saturated carbocycles. The average molecular weight is 788 g/mol. The lowest BCUT2D eigenvalue weighted by Gasteiger charge is -2.26. The van der Waals surface area contributed by atoms with E-state index < -0.39 is 89.6 Å². The first-order chi connectivity index (χ1) is 35.2. The second kappa shape index (κ2) is 15.6. The Morgan fingerprint density at radius 2 is 0.656 bits per heavy atom. The van der Waals surface area contributed by atoms with Crippen LogP contribution in [0.25, 0.3) is 88.0 Å². The van der Waals surface area contributed by atoms with Gasteiger partial charge in [-0.15, -0.1) is 0 Å². The fourth-order valence-corrected chi connectivity index (χ4v) is 7.94. The summed E-state index contributed by atoms with van der Waals surface area (Å²) in [5.41, 5.74) is 2.42. The van der Waals surface area contributed by atoms with Crippen molar-refractivity contribution in [3.05, 3.63) is 248 Å². The van der Waals surface area contributed by atoms with Crippen LogP contribution in [-0.2, 0) is 0 Å². The second-order valence-electron chi connectivity index (χ2n) is 14.8. The molecule has 11 aromatic rings. The molecule has 1 heteroatoms. The van der Waals surface area contributed by atoms with Crippen molar-refractivity contribution in [2.24, 2.45) is 0 Å². The molecule has 286 valence electrons. The molecule has 0 atom stereocenters. The van der Waals surface area contributed by atoms with Crippen molar-refractivity contribution < 1.29 is 16.4 Å². The number of benzene rings is 11. The van der Waals surface area contributed by atoms with Crippen molar-refractivity contribution in [3.8, 4) is 55.6 Å². The lowest BCUT2D eigenvalue weighted by atomic mass is 9.89. The highest BCUT2D eigenvalue weighted by Crippen LogP contribution is 2.42. The fourth-order valence-electron chi connectivity index (χ4n) is 7.94. The first-order valence-electron chi connectivity index (χ1n) is 26.0. The largest absolute Gasteiger partial charge is 0.311 e. The summed E-state index contributed by atoms with van der Waals surface area (Å²) in [5.74, 6) is 0. The van der Waals surface area contributed by atoms with Crippen LogP contribution in [0.2, 0.25) is 0 Å². The maximum Gasteiger partial charge on any atom is 0.0645 e.